The van der Waals surface area contributed by atoms with E-state index in [0.29, 0.717) is 5.56 Å². The second-order valence-corrected chi connectivity index (χ2v) is 4.20. The Bertz CT molecular complexity index is 399. The molecule has 0 aliphatic carbocycles. The first kappa shape index (κ1) is 12.8. The van der Waals surface area contributed by atoms with E-state index in [1.54, 1.807) is 0 Å². The van der Waals surface area contributed by atoms with Gasteiger partial charge in [-0.1, -0.05) is 24.3 Å². The zero-order valence-corrected chi connectivity index (χ0v) is 10.4. The van der Waals surface area contributed by atoms with Crippen LogP contribution in [0.4, 0.5) is 0 Å². The maximum absolute atomic E-state index is 11.0. The predicted octanol–water partition coefficient (Wildman–Crippen LogP) is 3.33. The second kappa shape index (κ2) is 5.75. The van der Waals surface area contributed by atoms with Gasteiger partial charge in [-0.05, 0) is 42.7 Å². The molecule has 1 aromatic rings. The fourth-order valence-corrected chi connectivity index (χ4v) is 1.87. The van der Waals surface area contributed by atoms with E-state index in [1.807, 2.05) is 38.1 Å². The molecule has 0 saturated carbocycles. The Balaban J connectivity index is 3.05. The van der Waals surface area contributed by atoms with Crippen molar-refractivity contribution in [3.8, 4) is 0 Å². The number of thiol groups is 1. The van der Waals surface area contributed by atoms with Gasteiger partial charge in [0.05, 0.1) is 5.56 Å². The molecule has 0 aliphatic heterocycles. The fraction of sp³-hybridized carbons (Fsp3) is 0.308. The molecule has 0 saturated heterocycles. The molecule has 3 heteroatoms. The number of carboxylic acid groups (broad SMARTS) is 1. The van der Waals surface area contributed by atoms with Crippen LogP contribution >= 0.6 is 12.6 Å². The number of carbonyl (C=O) groups is 1. The van der Waals surface area contributed by atoms with E-state index in [0.717, 1.165) is 28.9 Å². The van der Waals surface area contributed by atoms with Gasteiger partial charge >= 0.3 is 5.97 Å². The summed E-state index contributed by atoms with van der Waals surface area (Å²) >= 11 is 4.12. The minimum atomic E-state index is -0.860. The smallest absolute Gasteiger partial charge is 0.336 e. The zero-order chi connectivity index (χ0) is 12.1. The van der Waals surface area contributed by atoms with Crippen molar-refractivity contribution in [3.05, 3.63) is 40.5 Å². The molecule has 0 spiro atoms. The first-order valence-corrected chi connectivity index (χ1v) is 5.81. The van der Waals surface area contributed by atoms with Crippen molar-refractivity contribution in [3.63, 3.8) is 0 Å². The van der Waals surface area contributed by atoms with Crippen LogP contribution in [0, 0.1) is 13.8 Å². The Hall–Kier alpha value is -1.22. The fourth-order valence-electron chi connectivity index (χ4n) is 1.72. The van der Waals surface area contributed by atoms with Crippen LogP contribution in [0.2, 0.25) is 0 Å². The molecule has 0 unspecified atom stereocenters. The number of allylic oxidation sites excluding steroid dienone is 1. The Morgan fingerprint density at radius 2 is 1.94 bits per heavy atom. The molecule has 0 radical (unpaired) electrons. The highest BCUT2D eigenvalue weighted by Gasteiger charge is 2.10. The third-order valence-corrected chi connectivity index (χ3v) is 2.63. The predicted molar refractivity (Wildman–Crippen MR) is 70.4 cm³/mol. The lowest BCUT2D eigenvalue weighted by atomic mass is 9.99. The number of hydrogen-bond donors (Lipinski definition) is 2. The van der Waals surface area contributed by atoms with Gasteiger partial charge in [-0.25, -0.2) is 4.79 Å². The number of benzene rings is 1. The van der Waals surface area contributed by atoms with Crippen molar-refractivity contribution in [2.45, 2.75) is 20.3 Å². The summed E-state index contributed by atoms with van der Waals surface area (Å²) in [5.74, 6) is -0.0392. The van der Waals surface area contributed by atoms with Crippen molar-refractivity contribution >= 4 is 24.7 Å². The monoisotopic (exact) mass is 236 g/mol. The Morgan fingerprint density at radius 3 is 2.38 bits per heavy atom. The molecule has 0 atom stereocenters. The van der Waals surface area contributed by atoms with E-state index >= 15 is 0 Å². The van der Waals surface area contributed by atoms with Crippen molar-refractivity contribution in [1.82, 2.24) is 0 Å². The number of carboxylic acids is 1. The number of aryl methyl sites for hydroxylation is 2. The average Bonchev–Trinajstić information content (AvgIpc) is 2.16. The number of rotatable bonds is 4. The van der Waals surface area contributed by atoms with Crippen LogP contribution in [0.3, 0.4) is 0 Å². The first-order chi connectivity index (χ1) is 7.56. The quantitative estimate of drug-likeness (QED) is 0.787. The Labute approximate surface area is 101 Å². The van der Waals surface area contributed by atoms with E-state index in [2.05, 4.69) is 12.6 Å². The lowest BCUT2D eigenvalue weighted by molar-refractivity contribution is 0.0695. The van der Waals surface area contributed by atoms with Crippen molar-refractivity contribution in [2.75, 3.05) is 5.75 Å². The van der Waals surface area contributed by atoms with Gasteiger partial charge in [0, 0.05) is 0 Å². The third-order valence-electron chi connectivity index (χ3n) is 2.37. The highest BCUT2D eigenvalue weighted by Crippen LogP contribution is 2.17. The maximum Gasteiger partial charge on any atom is 0.336 e. The van der Waals surface area contributed by atoms with Crippen LogP contribution in [0.1, 0.15) is 33.5 Å². The summed E-state index contributed by atoms with van der Waals surface area (Å²) in [6.07, 6.45) is 4.96. The Kier molecular flexibility index (Phi) is 4.62. The highest BCUT2D eigenvalue weighted by atomic mass is 32.1. The van der Waals surface area contributed by atoms with Crippen LogP contribution in [0.25, 0.3) is 6.08 Å². The van der Waals surface area contributed by atoms with Gasteiger partial charge < -0.3 is 5.11 Å². The molecule has 2 nitrogen and oxygen atoms in total. The summed E-state index contributed by atoms with van der Waals surface area (Å²) in [4.78, 5) is 11.0. The molecule has 0 fully saturated rings. The van der Waals surface area contributed by atoms with Gasteiger partial charge in [0.15, 0.2) is 0 Å². The van der Waals surface area contributed by atoms with E-state index < -0.39 is 5.97 Å². The summed E-state index contributed by atoms with van der Waals surface area (Å²) in [6.45, 7) is 3.65. The van der Waals surface area contributed by atoms with Crippen molar-refractivity contribution in [2.24, 2.45) is 0 Å². The molecule has 0 amide bonds. The minimum Gasteiger partial charge on any atom is -0.478 e. The second-order valence-electron chi connectivity index (χ2n) is 3.75. The first-order valence-electron chi connectivity index (χ1n) is 5.18. The lowest BCUT2D eigenvalue weighted by Crippen LogP contribution is -2.03. The molecule has 0 aliphatic rings. The van der Waals surface area contributed by atoms with Gasteiger partial charge in [0.2, 0.25) is 0 Å². The third kappa shape index (κ3) is 3.14. The summed E-state index contributed by atoms with van der Waals surface area (Å²) in [6, 6.07) is 3.79. The zero-order valence-electron chi connectivity index (χ0n) is 9.53. The average molecular weight is 236 g/mol. The summed E-state index contributed by atoms with van der Waals surface area (Å²) in [5, 5.41) is 9.02. The largest absolute Gasteiger partial charge is 0.478 e. The van der Waals surface area contributed by atoms with Crippen LogP contribution in [-0.2, 0) is 0 Å². The van der Waals surface area contributed by atoms with Gasteiger partial charge in [0.1, 0.15) is 0 Å². The SMILES string of the molecule is Cc1cc(C=CCCS)cc(C)c1C(=O)O. The number of aromatic carboxylic acids is 1. The maximum atomic E-state index is 11.0. The van der Waals surface area contributed by atoms with Gasteiger partial charge in [-0.15, -0.1) is 0 Å². The van der Waals surface area contributed by atoms with Crippen LogP contribution in [0.5, 0.6) is 0 Å². The van der Waals surface area contributed by atoms with Gasteiger partial charge in [-0.3, -0.25) is 0 Å². The van der Waals surface area contributed by atoms with E-state index in [4.69, 9.17) is 5.11 Å². The molecular formula is C13H16O2S. The topological polar surface area (TPSA) is 37.3 Å². The van der Waals surface area contributed by atoms with Crippen molar-refractivity contribution < 1.29 is 9.90 Å². The summed E-state index contributed by atoms with van der Waals surface area (Å²) in [5.41, 5.74) is 3.06. The number of hydrogen-bond acceptors (Lipinski definition) is 2. The molecule has 0 aromatic heterocycles. The lowest BCUT2D eigenvalue weighted by Gasteiger charge is -2.06. The molecule has 1 rings (SSSR count). The minimum absolute atomic E-state index is 0.409. The standard InChI is InChI=1S/C13H16O2S/c1-9-7-11(5-3-4-6-16)8-10(2)12(9)13(14)15/h3,5,7-8,16H,4,6H2,1-2H3,(H,14,15). The highest BCUT2D eigenvalue weighted by molar-refractivity contribution is 7.80. The molecule has 1 N–H and O–H groups in total. The molecule has 0 bridgehead atoms. The van der Waals surface area contributed by atoms with Crippen LogP contribution in [-0.4, -0.2) is 16.8 Å². The van der Waals surface area contributed by atoms with E-state index in [9.17, 15) is 4.79 Å². The van der Waals surface area contributed by atoms with E-state index in [-0.39, 0.29) is 0 Å². The van der Waals surface area contributed by atoms with E-state index in [1.165, 1.54) is 0 Å². The van der Waals surface area contributed by atoms with Gasteiger partial charge in [0.25, 0.3) is 0 Å². The Morgan fingerprint density at radius 1 is 1.38 bits per heavy atom. The normalized spacial score (nSPS) is 10.9. The van der Waals surface area contributed by atoms with Crippen LogP contribution in [0.15, 0.2) is 18.2 Å². The molecular weight excluding hydrogens is 220 g/mol. The van der Waals surface area contributed by atoms with Crippen LogP contribution < -0.4 is 0 Å². The van der Waals surface area contributed by atoms with Crippen molar-refractivity contribution in [1.29, 1.82) is 0 Å². The molecule has 16 heavy (non-hydrogen) atoms. The molecule has 1 aromatic carbocycles. The summed E-state index contributed by atoms with van der Waals surface area (Å²) < 4.78 is 0. The molecule has 86 valence electrons. The summed E-state index contributed by atoms with van der Waals surface area (Å²) in [7, 11) is 0. The van der Waals surface area contributed by atoms with Gasteiger partial charge in [-0.2, -0.15) is 12.6 Å². The molecule has 0 heterocycles.